The minimum absolute atomic E-state index is 0.168. The van der Waals surface area contributed by atoms with Gasteiger partial charge in [-0.2, -0.15) is 9.28 Å². The highest BCUT2D eigenvalue weighted by Crippen LogP contribution is 2.41. The van der Waals surface area contributed by atoms with E-state index in [4.69, 9.17) is 4.74 Å². The van der Waals surface area contributed by atoms with Crippen molar-refractivity contribution in [3.05, 3.63) is 102 Å². The van der Waals surface area contributed by atoms with Crippen LogP contribution in [-0.4, -0.2) is 30.2 Å². The van der Waals surface area contributed by atoms with Gasteiger partial charge in [0.05, 0.1) is 7.05 Å². The van der Waals surface area contributed by atoms with Crippen LogP contribution in [0.15, 0.2) is 91.1 Å². The third kappa shape index (κ3) is 5.08. The lowest BCUT2D eigenvalue weighted by Gasteiger charge is -2.19. The van der Waals surface area contributed by atoms with Crippen LogP contribution in [0.5, 0.6) is 11.5 Å². The van der Waals surface area contributed by atoms with Gasteiger partial charge >= 0.3 is 6.09 Å². The summed E-state index contributed by atoms with van der Waals surface area (Å²) in [5.41, 5.74) is 3.42. The Morgan fingerprint density at radius 2 is 1.62 bits per heavy atom. The van der Waals surface area contributed by atoms with Crippen molar-refractivity contribution in [2.45, 2.75) is 19.4 Å². The SMILES string of the molecule is C[C@H](CC1=C[N+](C)(C(=O)O)c2ccccc21)NC(=O)C=Cc1ccc(Oc2ccccc2)cc1. The van der Waals surface area contributed by atoms with Crippen molar-refractivity contribution in [3.8, 4) is 11.5 Å². The van der Waals surface area contributed by atoms with E-state index in [-0.39, 0.29) is 16.4 Å². The molecule has 0 radical (unpaired) electrons. The standard InChI is InChI=1S/C28H26N2O4/c1-20(18-22-19-30(2,28(32)33)26-11-7-6-10-25(22)26)29-27(31)17-14-21-12-15-24(16-13-21)34-23-8-4-3-5-9-23/h3-17,19-20H,18H2,1-2H3,(H-,29,31,32,33)/p+1/t20-,30?/m1/s1. The van der Waals surface area contributed by atoms with Crippen molar-refractivity contribution >= 4 is 29.3 Å². The summed E-state index contributed by atoms with van der Waals surface area (Å²) >= 11 is 0. The minimum atomic E-state index is -0.942. The van der Waals surface area contributed by atoms with E-state index >= 15 is 0 Å². The van der Waals surface area contributed by atoms with Crippen molar-refractivity contribution < 1.29 is 19.4 Å². The largest absolute Gasteiger partial charge is 0.523 e. The number of nitrogens with zero attached hydrogens (tertiary/aromatic N) is 1. The maximum absolute atomic E-state index is 12.4. The summed E-state index contributed by atoms with van der Waals surface area (Å²) in [7, 11) is 1.65. The monoisotopic (exact) mass is 455 g/mol. The normalized spacial score (nSPS) is 17.6. The van der Waals surface area contributed by atoms with Gasteiger partial charge in [0.2, 0.25) is 5.91 Å². The topological polar surface area (TPSA) is 75.6 Å². The predicted molar refractivity (Wildman–Crippen MR) is 134 cm³/mol. The first-order valence-corrected chi connectivity index (χ1v) is 11.1. The smallest absolute Gasteiger partial charge is 0.457 e. The molecule has 0 saturated heterocycles. The number of hydrogen-bond donors (Lipinski definition) is 2. The summed E-state index contributed by atoms with van der Waals surface area (Å²) < 4.78 is 5.49. The fourth-order valence-electron chi connectivity index (χ4n) is 4.04. The Morgan fingerprint density at radius 1 is 0.971 bits per heavy atom. The van der Waals surface area contributed by atoms with Crippen molar-refractivity contribution in [2.75, 3.05) is 7.05 Å². The number of ether oxygens (including phenoxy) is 1. The zero-order valence-electron chi connectivity index (χ0n) is 19.1. The molecule has 2 amide bonds. The molecule has 0 bridgehead atoms. The molecule has 0 spiro atoms. The minimum Gasteiger partial charge on any atom is -0.457 e. The number of carboxylic acid groups (broad SMARTS) is 1. The number of rotatable bonds is 7. The molecule has 0 aliphatic carbocycles. The highest BCUT2D eigenvalue weighted by molar-refractivity contribution is 5.95. The van der Waals surface area contributed by atoms with Crippen molar-refractivity contribution in [1.82, 2.24) is 9.80 Å². The molecular weight excluding hydrogens is 428 g/mol. The second-order valence-electron chi connectivity index (χ2n) is 8.46. The molecule has 1 heterocycles. The van der Waals surface area contributed by atoms with E-state index in [1.54, 1.807) is 19.3 Å². The predicted octanol–water partition coefficient (Wildman–Crippen LogP) is 6.06. The Labute approximate surface area is 199 Å². The van der Waals surface area contributed by atoms with Gasteiger partial charge in [0.15, 0.2) is 5.69 Å². The molecule has 1 unspecified atom stereocenters. The van der Waals surface area contributed by atoms with Crippen LogP contribution in [-0.2, 0) is 4.79 Å². The number of fused-ring (bicyclic) bond motifs is 1. The number of para-hydroxylation sites is 2. The molecule has 4 rings (SSSR count). The van der Waals surface area contributed by atoms with Crippen molar-refractivity contribution in [2.24, 2.45) is 0 Å². The van der Waals surface area contributed by atoms with Crippen LogP contribution >= 0.6 is 0 Å². The van der Waals surface area contributed by atoms with Gasteiger partial charge < -0.3 is 15.2 Å². The fraction of sp³-hybridized carbons (Fsp3) is 0.143. The number of hydrogen-bond acceptors (Lipinski definition) is 3. The molecule has 3 aromatic rings. The van der Waals surface area contributed by atoms with Gasteiger partial charge in [0.1, 0.15) is 17.7 Å². The quantitative estimate of drug-likeness (QED) is 0.336. The average Bonchev–Trinajstić information content (AvgIpc) is 3.12. The summed E-state index contributed by atoms with van der Waals surface area (Å²) in [5.74, 6) is 1.28. The highest BCUT2D eigenvalue weighted by Gasteiger charge is 2.41. The van der Waals surface area contributed by atoms with E-state index in [2.05, 4.69) is 5.32 Å². The molecule has 34 heavy (non-hydrogen) atoms. The Morgan fingerprint density at radius 3 is 2.32 bits per heavy atom. The van der Waals surface area contributed by atoms with Crippen LogP contribution < -0.4 is 14.5 Å². The van der Waals surface area contributed by atoms with Crippen LogP contribution in [0, 0.1) is 0 Å². The highest BCUT2D eigenvalue weighted by atomic mass is 16.5. The summed E-state index contributed by atoms with van der Waals surface area (Å²) in [4.78, 5) is 24.3. The number of quaternary nitrogens is 1. The van der Waals surface area contributed by atoms with E-state index in [1.165, 1.54) is 6.08 Å². The van der Waals surface area contributed by atoms with Crippen molar-refractivity contribution in [3.63, 3.8) is 0 Å². The summed E-state index contributed by atoms with van der Waals surface area (Å²) in [5, 5.41) is 12.7. The first-order valence-electron chi connectivity index (χ1n) is 11.1. The van der Waals surface area contributed by atoms with Gasteiger partial charge in [-0.05, 0) is 55.3 Å². The lowest BCUT2D eigenvalue weighted by Crippen LogP contribution is -2.43. The molecule has 1 aliphatic rings. The fourth-order valence-corrected chi connectivity index (χ4v) is 4.04. The van der Waals surface area contributed by atoms with E-state index in [0.717, 1.165) is 33.9 Å². The molecule has 1 aliphatic heterocycles. The number of carbonyl (C=O) groups excluding carboxylic acids is 1. The molecule has 0 aromatic heterocycles. The van der Waals surface area contributed by atoms with E-state index in [9.17, 15) is 14.7 Å². The zero-order chi connectivity index (χ0) is 24.1. The van der Waals surface area contributed by atoms with Crippen LogP contribution in [0.2, 0.25) is 0 Å². The first-order chi connectivity index (χ1) is 16.3. The Hall–Kier alpha value is -4.16. The van der Waals surface area contributed by atoms with E-state index < -0.39 is 6.09 Å². The van der Waals surface area contributed by atoms with Gasteiger partial charge in [-0.1, -0.05) is 42.5 Å². The number of nitrogens with one attached hydrogen (secondary N) is 1. The third-order valence-corrected chi connectivity index (χ3v) is 5.76. The molecule has 3 aromatic carbocycles. The second kappa shape index (κ2) is 9.77. The molecular formula is C28H27N2O4+. The van der Waals surface area contributed by atoms with E-state index in [0.29, 0.717) is 6.42 Å². The third-order valence-electron chi connectivity index (χ3n) is 5.76. The summed E-state index contributed by atoms with van der Waals surface area (Å²) in [6.45, 7) is 1.91. The van der Waals surface area contributed by atoms with Crippen molar-refractivity contribution in [1.29, 1.82) is 0 Å². The summed E-state index contributed by atoms with van der Waals surface area (Å²) in [6, 6.07) is 24.3. The molecule has 0 fully saturated rings. The Kier molecular flexibility index (Phi) is 6.61. The number of benzene rings is 3. The Bertz CT molecular complexity index is 1250. The maximum atomic E-state index is 12.4. The van der Waals surface area contributed by atoms with Gasteiger partial charge in [-0.15, -0.1) is 0 Å². The number of amides is 2. The van der Waals surface area contributed by atoms with Gasteiger partial charge in [0.25, 0.3) is 0 Å². The molecule has 172 valence electrons. The van der Waals surface area contributed by atoms with Crippen LogP contribution in [0.1, 0.15) is 24.5 Å². The van der Waals surface area contributed by atoms with Crippen LogP contribution in [0.4, 0.5) is 10.5 Å². The summed E-state index contributed by atoms with van der Waals surface area (Å²) in [6.07, 6.45) is 4.57. The second-order valence-corrected chi connectivity index (χ2v) is 8.46. The van der Waals surface area contributed by atoms with Crippen LogP contribution in [0.3, 0.4) is 0 Å². The van der Waals surface area contributed by atoms with Crippen LogP contribution in [0.25, 0.3) is 11.6 Å². The molecule has 0 saturated carbocycles. The van der Waals surface area contributed by atoms with Gasteiger partial charge in [-0.3, -0.25) is 4.79 Å². The Balaban J connectivity index is 1.35. The zero-order valence-corrected chi connectivity index (χ0v) is 19.1. The molecule has 6 heteroatoms. The number of carbonyl (C=O) groups is 2. The lowest BCUT2D eigenvalue weighted by molar-refractivity contribution is -0.116. The molecule has 2 N–H and O–H groups in total. The average molecular weight is 456 g/mol. The molecule has 2 atom stereocenters. The lowest BCUT2D eigenvalue weighted by atomic mass is 10.0. The maximum Gasteiger partial charge on any atom is 0.523 e. The first kappa shape index (κ1) is 23.0. The molecule has 6 nitrogen and oxygen atoms in total. The van der Waals surface area contributed by atoms with E-state index in [1.807, 2.05) is 85.8 Å². The van der Waals surface area contributed by atoms with Gasteiger partial charge in [0, 0.05) is 29.3 Å². The van der Waals surface area contributed by atoms with Gasteiger partial charge in [-0.25, -0.2) is 0 Å².